The van der Waals surface area contributed by atoms with E-state index in [1.54, 1.807) is 0 Å². The van der Waals surface area contributed by atoms with Gasteiger partial charge in [-0.15, -0.1) is 0 Å². The Morgan fingerprint density at radius 2 is 2.15 bits per heavy atom. The van der Waals surface area contributed by atoms with E-state index in [4.69, 9.17) is 0 Å². The van der Waals surface area contributed by atoms with Gasteiger partial charge >= 0.3 is 0 Å². The Hall–Kier alpha value is -0.830. The summed E-state index contributed by atoms with van der Waals surface area (Å²) >= 11 is 0. The first kappa shape index (κ1) is 8.75. The van der Waals surface area contributed by atoms with Crippen LogP contribution < -0.4 is 0 Å². The predicted octanol–water partition coefficient (Wildman–Crippen LogP) is 0.940. The highest BCUT2D eigenvalue weighted by atomic mass is 15.2. The molecule has 0 atom stereocenters. The summed E-state index contributed by atoms with van der Waals surface area (Å²) in [5.74, 6) is 0. The molecule has 0 unspecified atom stereocenters. The molecule has 0 aromatic heterocycles. The minimum absolute atomic E-state index is 1.03. The number of hydrogen-bond acceptors (Lipinski definition) is 3. The number of aliphatic imine (C=N–C) groups is 1. The summed E-state index contributed by atoms with van der Waals surface area (Å²) in [6, 6.07) is 0. The highest BCUT2D eigenvalue weighted by molar-refractivity contribution is 5.85. The van der Waals surface area contributed by atoms with Crippen molar-refractivity contribution in [3.8, 4) is 0 Å². The van der Waals surface area contributed by atoms with Crippen molar-refractivity contribution in [1.82, 2.24) is 9.80 Å². The molecule has 3 heteroatoms. The van der Waals surface area contributed by atoms with Gasteiger partial charge in [0.2, 0.25) is 0 Å². The van der Waals surface area contributed by atoms with Crippen LogP contribution in [-0.2, 0) is 0 Å². The van der Waals surface area contributed by atoms with E-state index in [-0.39, 0.29) is 0 Å². The van der Waals surface area contributed by atoms with E-state index in [9.17, 15) is 0 Å². The Morgan fingerprint density at radius 3 is 3.00 bits per heavy atom. The van der Waals surface area contributed by atoms with Gasteiger partial charge in [-0.05, 0) is 26.9 Å². The molecule has 1 fully saturated rings. The summed E-state index contributed by atoms with van der Waals surface area (Å²) in [6.07, 6.45) is 3.29. The van der Waals surface area contributed by atoms with E-state index in [2.05, 4.69) is 28.8 Å². The molecule has 2 aliphatic heterocycles. The Bertz CT molecular complexity index is 255. The van der Waals surface area contributed by atoms with Crippen molar-refractivity contribution in [1.29, 1.82) is 0 Å². The number of hydrogen-bond donors (Lipinski definition) is 0. The van der Waals surface area contributed by atoms with Crippen molar-refractivity contribution in [2.75, 3.05) is 33.2 Å². The number of likely N-dealkylation sites (N-methyl/N-ethyl adjacent to an activating group) is 1. The normalized spacial score (nSPS) is 24.6. The van der Waals surface area contributed by atoms with Crippen molar-refractivity contribution in [2.24, 2.45) is 4.99 Å². The maximum absolute atomic E-state index is 4.38. The highest BCUT2D eigenvalue weighted by Crippen LogP contribution is 2.15. The van der Waals surface area contributed by atoms with Crippen molar-refractivity contribution in [3.05, 3.63) is 11.9 Å². The zero-order valence-corrected chi connectivity index (χ0v) is 8.45. The van der Waals surface area contributed by atoms with Gasteiger partial charge in [-0.25, -0.2) is 0 Å². The molecule has 2 rings (SSSR count). The molecule has 0 amide bonds. The van der Waals surface area contributed by atoms with E-state index in [1.807, 2.05) is 6.20 Å². The van der Waals surface area contributed by atoms with Crippen molar-refractivity contribution < 1.29 is 0 Å². The number of fused-ring (bicyclic) bond motifs is 1. The fraction of sp³-hybridized carbons (Fsp3) is 0.700. The van der Waals surface area contributed by atoms with Crippen LogP contribution in [0.1, 0.15) is 13.3 Å². The van der Waals surface area contributed by atoms with Gasteiger partial charge in [0.15, 0.2) is 0 Å². The molecule has 2 aliphatic rings. The molecule has 1 saturated heterocycles. The maximum atomic E-state index is 4.38. The second kappa shape index (κ2) is 3.50. The first-order chi connectivity index (χ1) is 6.25. The topological polar surface area (TPSA) is 18.8 Å². The van der Waals surface area contributed by atoms with E-state index in [0.717, 1.165) is 13.1 Å². The average molecular weight is 179 g/mol. The molecule has 0 saturated carbocycles. The second-order valence-corrected chi connectivity index (χ2v) is 4.00. The van der Waals surface area contributed by atoms with E-state index in [1.165, 1.54) is 30.9 Å². The standard InChI is InChI=1S/C10H17N3/c1-9-7-13-5-3-4-12(2)8-10(13)6-11-9/h6H,3-5,7-8H2,1-2H3. The SMILES string of the molecule is CC1=NC=C2CN(C)CCCN2C1. The quantitative estimate of drug-likeness (QED) is 0.551. The van der Waals surface area contributed by atoms with Gasteiger partial charge in [-0.2, -0.15) is 0 Å². The maximum Gasteiger partial charge on any atom is 0.0557 e. The smallest absolute Gasteiger partial charge is 0.0557 e. The van der Waals surface area contributed by atoms with Gasteiger partial charge in [-0.1, -0.05) is 0 Å². The fourth-order valence-corrected chi connectivity index (χ4v) is 1.94. The molecule has 3 nitrogen and oxygen atoms in total. The van der Waals surface area contributed by atoms with E-state index >= 15 is 0 Å². The summed E-state index contributed by atoms with van der Waals surface area (Å²) < 4.78 is 0. The summed E-state index contributed by atoms with van der Waals surface area (Å²) in [4.78, 5) is 9.19. The summed E-state index contributed by atoms with van der Waals surface area (Å²) in [7, 11) is 2.18. The lowest BCUT2D eigenvalue weighted by molar-refractivity contribution is 0.363. The Morgan fingerprint density at radius 1 is 1.31 bits per heavy atom. The third-order valence-corrected chi connectivity index (χ3v) is 2.66. The monoisotopic (exact) mass is 179 g/mol. The molecular formula is C10H17N3. The lowest BCUT2D eigenvalue weighted by Gasteiger charge is -2.27. The fourth-order valence-electron chi connectivity index (χ4n) is 1.94. The largest absolute Gasteiger partial charge is 0.367 e. The van der Waals surface area contributed by atoms with Gasteiger partial charge in [0, 0.05) is 30.7 Å². The molecular weight excluding hydrogens is 162 g/mol. The molecule has 72 valence electrons. The van der Waals surface area contributed by atoms with Crippen LogP contribution in [0.5, 0.6) is 0 Å². The first-order valence-corrected chi connectivity index (χ1v) is 4.91. The zero-order valence-electron chi connectivity index (χ0n) is 8.45. The van der Waals surface area contributed by atoms with Gasteiger partial charge in [-0.3, -0.25) is 4.99 Å². The molecule has 0 N–H and O–H groups in total. The van der Waals surface area contributed by atoms with Gasteiger partial charge in [0.1, 0.15) is 0 Å². The Balaban J connectivity index is 2.15. The first-order valence-electron chi connectivity index (χ1n) is 4.91. The second-order valence-electron chi connectivity index (χ2n) is 4.00. The third kappa shape index (κ3) is 1.91. The van der Waals surface area contributed by atoms with Crippen molar-refractivity contribution >= 4 is 5.71 Å². The van der Waals surface area contributed by atoms with Crippen LogP contribution in [0, 0.1) is 0 Å². The molecule has 0 aromatic rings. The zero-order chi connectivity index (χ0) is 9.26. The molecule has 0 spiro atoms. The lowest BCUT2D eigenvalue weighted by atomic mass is 10.2. The van der Waals surface area contributed by atoms with Crippen LogP contribution in [0.2, 0.25) is 0 Å². The molecule has 0 bridgehead atoms. The van der Waals surface area contributed by atoms with E-state index in [0.29, 0.717) is 0 Å². The summed E-state index contributed by atoms with van der Waals surface area (Å²) in [5, 5.41) is 0. The van der Waals surface area contributed by atoms with Crippen LogP contribution >= 0.6 is 0 Å². The van der Waals surface area contributed by atoms with Crippen molar-refractivity contribution in [2.45, 2.75) is 13.3 Å². The van der Waals surface area contributed by atoms with Gasteiger partial charge in [0.05, 0.1) is 6.54 Å². The molecule has 13 heavy (non-hydrogen) atoms. The summed E-state index contributed by atoms with van der Waals surface area (Å²) in [5.41, 5.74) is 2.61. The minimum Gasteiger partial charge on any atom is -0.367 e. The van der Waals surface area contributed by atoms with Gasteiger partial charge in [0.25, 0.3) is 0 Å². The number of nitrogens with zero attached hydrogens (tertiary/aromatic N) is 3. The molecule has 0 aliphatic carbocycles. The minimum atomic E-state index is 1.03. The van der Waals surface area contributed by atoms with Crippen LogP contribution in [0.15, 0.2) is 16.9 Å². The van der Waals surface area contributed by atoms with Crippen LogP contribution in [0.25, 0.3) is 0 Å². The van der Waals surface area contributed by atoms with Crippen LogP contribution in [-0.4, -0.2) is 48.7 Å². The lowest BCUT2D eigenvalue weighted by Crippen LogP contribution is -2.32. The number of rotatable bonds is 0. The predicted molar refractivity (Wildman–Crippen MR) is 54.9 cm³/mol. The summed E-state index contributed by atoms with van der Waals surface area (Å²) in [6.45, 7) is 6.56. The molecule has 0 radical (unpaired) electrons. The van der Waals surface area contributed by atoms with Crippen LogP contribution in [0.4, 0.5) is 0 Å². The Kier molecular flexibility index (Phi) is 2.36. The van der Waals surface area contributed by atoms with E-state index < -0.39 is 0 Å². The molecule has 0 aromatic carbocycles. The van der Waals surface area contributed by atoms with Crippen LogP contribution in [0.3, 0.4) is 0 Å². The third-order valence-electron chi connectivity index (χ3n) is 2.66. The molecule has 2 heterocycles. The average Bonchev–Trinajstić information content (AvgIpc) is 2.25. The van der Waals surface area contributed by atoms with Gasteiger partial charge < -0.3 is 9.80 Å². The van der Waals surface area contributed by atoms with Crippen molar-refractivity contribution in [3.63, 3.8) is 0 Å². The highest BCUT2D eigenvalue weighted by Gasteiger charge is 2.18. The Labute approximate surface area is 79.7 Å².